The lowest BCUT2D eigenvalue weighted by atomic mass is 9.96. The van der Waals surface area contributed by atoms with Crippen molar-refractivity contribution in [1.29, 1.82) is 0 Å². The Labute approximate surface area is 159 Å². The van der Waals surface area contributed by atoms with Gasteiger partial charge in [-0.05, 0) is 54.9 Å². The SMILES string of the molecule is CCCCCC[C@H]1C(=O)C=C(I)[C@@H]1OCCCCCC(=O)OCC. The molecule has 24 heavy (non-hydrogen) atoms. The van der Waals surface area contributed by atoms with E-state index in [1.807, 2.05) is 6.92 Å². The number of hydrogen-bond donors (Lipinski definition) is 0. The average Bonchev–Trinajstić information content (AvgIpc) is 2.81. The van der Waals surface area contributed by atoms with Crippen molar-refractivity contribution in [1.82, 2.24) is 0 Å². The number of ether oxygens (including phenoxy) is 2. The van der Waals surface area contributed by atoms with Gasteiger partial charge in [0.05, 0.1) is 18.6 Å². The lowest BCUT2D eigenvalue weighted by Crippen LogP contribution is -2.25. The maximum Gasteiger partial charge on any atom is 0.305 e. The summed E-state index contributed by atoms with van der Waals surface area (Å²) in [7, 11) is 0. The van der Waals surface area contributed by atoms with Crippen LogP contribution < -0.4 is 0 Å². The standard InChI is InChI=1S/C19H31IO4/c1-3-5-6-8-11-15-17(21)14-16(20)19(15)24-13-10-7-9-12-18(22)23-4-2/h14-15,19H,3-13H2,1-2H3/t15-,19+/m0/s1. The number of rotatable bonds is 13. The zero-order valence-corrected chi connectivity index (χ0v) is 17.2. The van der Waals surface area contributed by atoms with Gasteiger partial charge in [-0.2, -0.15) is 0 Å². The minimum absolute atomic E-state index is 0.00767. The van der Waals surface area contributed by atoms with Crippen LogP contribution in [0.25, 0.3) is 0 Å². The van der Waals surface area contributed by atoms with Gasteiger partial charge in [0.1, 0.15) is 0 Å². The first kappa shape index (κ1) is 21.6. The fourth-order valence-electron chi connectivity index (χ4n) is 2.94. The molecule has 0 saturated heterocycles. The molecule has 1 aliphatic rings. The lowest BCUT2D eigenvalue weighted by molar-refractivity contribution is -0.143. The quantitative estimate of drug-likeness (QED) is 0.226. The summed E-state index contributed by atoms with van der Waals surface area (Å²) in [5.41, 5.74) is 0. The van der Waals surface area contributed by atoms with Crippen LogP contribution in [0.15, 0.2) is 9.66 Å². The van der Waals surface area contributed by atoms with E-state index < -0.39 is 0 Å². The van der Waals surface area contributed by atoms with E-state index in [9.17, 15) is 9.59 Å². The van der Waals surface area contributed by atoms with Gasteiger partial charge in [-0.15, -0.1) is 0 Å². The molecule has 0 saturated carbocycles. The third-order valence-electron chi connectivity index (χ3n) is 4.28. The third kappa shape index (κ3) is 8.10. The Morgan fingerprint density at radius 2 is 1.88 bits per heavy atom. The molecular formula is C19H31IO4. The van der Waals surface area contributed by atoms with Crippen LogP contribution in [0.1, 0.15) is 71.6 Å². The van der Waals surface area contributed by atoms with Crippen molar-refractivity contribution >= 4 is 34.3 Å². The Kier molecular flexibility index (Phi) is 11.6. The molecule has 1 aliphatic carbocycles. The van der Waals surface area contributed by atoms with E-state index in [0.29, 0.717) is 19.6 Å². The molecule has 4 nitrogen and oxygen atoms in total. The largest absolute Gasteiger partial charge is 0.466 e. The average molecular weight is 450 g/mol. The van der Waals surface area contributed by atoms with Gasteiger partial charge in [0.25, 0.3) is 0 Å². The monoisotopic (exact) mass is 450 g/mol. The zero-order valence-electron chi connectivity index (χ0n) is 15.0. The summed E-state index contributed by atoms with van der Waals surface area (Å²) in [5, 5.41) is 0. The molecule has 0 amide bonds. The maximum atomic E-state index is 12.1. The minimum Gasteiger partial charge on any atom is -0.466 e. The van der Waals surface area contributed by atoms with Crippen LogP contribution in [0.2, 0.25) is 0 Å². The second kappa shape index (κ2) is 12.9. The molecule has 5 heteroatoms. The summed E-state index contributed by atoms with van der Waals surface area (Å²) >= 11 is 2.23. The van der Waals surface area contributed by atoms with E-state index in [-0.39, 0.29) is 23.8 Å². The molecule has 0 aromatic rings. The molecule has 0 heterocycles. The highest BCUT2D eigenvalue weighted by Gasteiger charge is 2.35. The highest BCUT2D eigenvalue weighted by atomic mass is 127. The summed E-state index contributed by atoms with van der Waals surface area (Å²) in [6.45, 7) is 5.11. The highest BCUT2D eigenvalue weighted by molar-refractivity contribution is 14.1. The first-order chi connectivity index (χ1) is 11.6. The number of carbonyl (C=O) groups is 2. The van der Waals surface area contributed by atoms with Crippen molar-refractivity contribution in [2.45, 2.75) is 77.7 Å². The predicted octanol–water partition coefficient (Wildman–Crippen LogP) is 4.98. The molecule has 0 bridgehead atoms. The lowest BCUT2D eigenvalue weighted by Gasteiger charge is -2.20. The van der Waals surface area contributed by atoms with Crippen molar-refractivity contribution in [3.8, 4) is 0 Å². The molecule has 0 aliphatic heterocycles. The second-order valence-corrected chi connectivity index (χ2v) is 7.54. The van der Waals surface area contributed by atoms with Crippen molar-refractivity contribution in [3.63, 3.8) is 0 Å². The van der Waals surface area contributed by atoms with Crippen LogP contribution in [-0.2, 0) is 19.1 Å². The first-order valence-corrected chi connectivity index (χ1v) is 10.4. The van der Waals surface area contributed by atoms with Gasteiger partial charge in [0, 0.05) is 16.6 Å². The van der Waals surface area contributed by atoms with E-state index in [4.69, 9.17) is 9.47 Å². The molecule has 2 atom stereocenters. The van der Waals surface area contributed by atoms with Gasteiger partial charge in [-0.25, -0.2) is 0 Å². The fourth-order valence-corrected chi connectivity index (χ4v) is 3.86. The van der Waals surface area contributed by atoms with Gasteiger partial charge in [0.2, 0.25) is 0 Å². The van der Waals surface area contributed by atoms with E-state index in [1.165, 1.54) is 19.3 Å². The van der Waals surface area contributed by atoms with Crippen molar-refractivity contribution < 1.29 is 19.1 Å². The van der Waals surface area contributed by atoms with E-state index in [1.54, 1.807) is 6.08 Å². The Hall–Kier alpha value is -0.430. The van der Waals surface area contributed by atoms with Gasteiger partial charge < -0.3 is 9.47 Å². The molecule has 0 N–H and O–H groups in total. The van der Waals surface area contributed by atoms with Crippen molar-refractivity contribution in [3.05, 3.63) is 9.66 Å². The second-order valence-electron chi connectivity index (χ2n) is 6.29. The third-order valence-corrected chi connectivity index (χ3v) is 5.20. The Balaban J connectivity index is 2.22. The molecule has 138 valence electrons. The summed E-state index contributed by atoms with van der Waals surface area (Å²) in [5.74, 6) is 0.112. The number of ketones is 1. The molecule has 0 spiro atoms. The molecule has 1 rings (SSSR count). The molecular weight excluding hydrogens is 419 g/mol. The first-order valence-electron chi connectivity index (χ1n) is 9.28. The van der Waals surface area contributed by atoms with Crippen molar-refractivity contribution in [2.24, 2.45) is 5.92 Å². The summed E-state index contributed by atoms with van der Waals surface area (Å²) in [6, 6.07) is 0. The Morgan fingerprint density at radius 3 is 2.58 bits per heavy atom. The van der Waals surface area contributed by atoms with E-state index in [2.05, 4.69) is 29.5 Å². The van der Waals surface area contributed by atoms with E-state index >= 15 is 0 Å². The summed E-state index contributed by atoms with van der Waals surface area (Å²) < 4.78 is 11.9. The molecule has 0 aromatic carbocycles. The zero-order chi connectivity index (χ0) is 17.8. The van der Waals surface area contributed by atoms with Crippen LogP contribution >= 0.6 is 22.6 Å². The van der Waals surface area contributed by atoms with Crippen LogP contribution in [-0.4, -0.2) is 31.1 Å². The predicted molar refractivity (Wildman–Crippen MR) is 104 cm³/mol. The maximum absolute atomic E-state index is 12.1. The fraction of sp³-hybridized carbons (Fsp3) is 0.789. The van der Waals surface area contributed by atoms with Crippen LogP contribution in [0, 0.1) is 5.92 Å². The smallest absolute Gasteiger partial charge is 0.305 e. The Bertz CT molecular complexity index is 420. The number of hydrogen-bond acceptors (Lipinski definition) is 4. The number of esters is 1. The van der Waals surface area contributed by atoms with Gasteiger partial charge in [-0.1, -0.05) is 39.0 Å². The summed E-state index contributed by atoms with van der Waals surface area (Å²) in [4.78, 5) is 23.4. The Morgan fingerprint density at radius 1 is 1.12 bits per heavy atom. The van der Waals surface area contributed by atoms with Gasteiger partial charge >= 0.3 is 5.97 Å². The number of halogens is 1. The molecule has 0 fully saturated rings. The number of allylic oxidation sites excluding steroid dienone is 1. The highest BCUT2D eigenvalue weighted by Crippen LogP contribution is 2.33. The number of unbranched alkanes of at least 4 members (excludes halogenated alkanes) is 5. The molecule has 0 radical (unpaired) electrons. The van der Waals surface area contributed by atoms with Crippen molar-refractivity contribution in [2.75, 3.05) is 13.2 Å². The summed E-state index contributed by atoms with van der Waals surface area (Å²) in [6.07, 6.45) is 10.5. The van der Waals surface area contributed by atoms with E-state index in [0.717, 1.165) is 35.7 Å². The number of carbonyl (C=O) groups excluding carboxylic acids is 2. The molecule has 0 aromatic heterocycles. The van der Waals surface area contributed by atoms with Gasteiger partial charge in [0.15, 0.2) is 5.78 Å². The minimum atomic E-state index is -0.121. The topological polar surface area (TPSA) is 52.6 Å². The van der Waals surface area contributed by atoms with Crippen LogP contribution in [0.5, 0.6) is 0 Å². The van der Waals surface area contributed by atoms with Crippen LogP contribution in [0.4, 0.5) is 0 Å². The van der Waals surface area contributed by atoms with Gasteiger partial charge in [-0.3, -0.25) is 9.59 Å². The molecule has 0 unspecified atom stereocenters. The normalized spacial score (nSPS) is 20.3. The van der Waals surface area contributed by atoms with Crippen LogP contribution in [0.3, 0.4) is 0 Å².